The maximum absolute atomic E-state index is 13.0. The van der Waals surface area contributed by atoms with Crippen LogP contribution in [0.15, 0.2) is 64.8 Å². The highest BCUT2D eigenvalue weighted by Crippen LogP contribution is 2.44. The number of fused-ring (bicyclic) bond motifs is 3. The first-order valence-corrected chi connectivity index (χ1v) is 9.57. The third-order valence-electron chi connectivity index (χ3n) is 4.63. The lowest BCUT2D eigenvalue weighted by atomic mass is 9.88. The third kappa shape index (κ3) is 2.76. The van der Waals surface area contributed by atoms with Gasteiger partial charge in [-0.25, -0.2) is 4.98 Å². The van der Waals surface area contributed by atoms with Crippen LogP contribution < -0.4 is 10.3 Å². The van der Waals surface area contributed by atoms with Gasteiger partial charge in [0.15, 0.2) is 0 Å². The van der Waals surface area contributed by atoms with Crippen molar-refractivity contribution >= 4 is 27.5 Å². The summed E-state index contributed by atoms with van der Waals surface area (Å²) in [5, 5.41) is 1.80. The Morgan fingerprint density at radius 3 is 2.46 bits per heavy atom. The second-order valence-corrected chi connectivity index (χ2v) is 7.28. The molecule has 2 aromatic carbocycles. The van der Waals surface area contributed by atoms with Crippen LogP contribution in [0.5, 0.6) is 11.5 Å². The Bertz CT molecular complexity index is 1210. The molecule has 0 saturated carbocycles. The van der Waals surface area contributed by atoms with Gasteiger partial charge in [-0.2, -0.15) is 0 Å². The molecule has 0 radical (unpaired) electrons. The van der Waals surface area contributed by atoms with E-state index < -0.39 is 11.9 Å². The van der Waals surface area contributed by atoms with Gasteiger partial charge < -0.3 is 14.5 Å². The monoisotopic (exact) mass is 390 g/mol. The van der Waals surface area contributed by atoms with Crippen LogP contribution in [0.3, 0.4) is 0 Å². The van der Waals surface area contributed by atoms with E-state index in [1.165, 1.54) is 11.3 Å². The average Bonchev–Trinajstić information content (AvgIpc) is 3.19. The number of H-pyrrole nitrogens is 1. The van der Waals surface area contributed by atoms with E-state index in [4.69, 9.17) is 9.47 Å². The van der Waals surface area contributed by atoms with Gasteiger partial charge in [0, 0.05) is 11.1 Å². The van der Waals surface area contributed by atoms with Gasteiger partial charge in [-0.3, -0.25) is 9.59 Å². The lowest BCUT2D eigenvalue weighted by molar-refractivity contribution is -0.146. The summed E-state index contributed by atoms with van der Waals surface area (Å²) in [5.74, 6) is 0.565. The van der Waals surface area contributed by atoms with E-state index in [0.717, 1.165) is 11.1 Å². The Kier molecular flexibility index (Phi) is 3.95. The molecule has 4 aromatic rings. The van der Waals surface area contributed by atoms with Crippen molar-refractivity contribution in [1.82, 2.24) is 9.97 Å². The van der Waals surface area contributed by atoms with Crippen LogP contribution >= 0.6 is 11.3 Å². The summed E-state index contributed by atoms with van der Waals surface area (Å²) in [6, 6.07) is 16.6. The first kappa shape index (κ1) is 16.7. The van der Waals surface area contributed by atoms with Crippen LogP contribution in [0.25, 0.3) is 10.2 Å². The Balaban J connectivity index is 1.46. The number of hydrogen-bond acceptors (Lipinski definition) is 6. The molecule has 28 heavy (non-hydrogen) atoms. The molecule has 0 bridgehead atoms. The van der Waals surface area contributed by atoms with Gasteiger partial charge in [-0.15, -0.1) is 11.3 Å². The van der Waals surface area contributed by atoms with E-state index in [0.29, 0.717) is 27.5 Å². The van der Waals surface area contributed by atoms with Crippen LogP contribution in [0.2, 0.25) is 0 Å². The number of para-hydroxylation sites is 2. The number of nitrogens with zero attached hydrogens (tertiary/aromatic N) is 1. The normalized spacial score (nSPS) is 12.9. The number of carbonyl (C=O) groups is 1. The fourth-order valence-corrected chi connectivity index (χ4v) is 4.10. The maximum atomic E-state index is 13.0. The predicted octanol–water partition coefficient (Wildman–Crippen LogP) is 3.97. The second kappa shape index (κ2) is 6.61. The van der Waals surface area contributed by atoms with E-state index in [9.17, 15) is 9.59 Å². The standard InChI is InChI=1S/C21H14N2O4S/c24-20-19-14(9-10-28-19)22-17(23-20)11-26-21(25)18-12-5-1-3-7-15(12)27-16-8-4-2-6-13(16)18/h1-10,18H,11H2,(H,22,23,24). The molecule has 6 nitrogen and oxygen atoms in total. The van der Waals surface area contributed by atoms with Crippen LogP contribution in [0.4, 0.5) is 0 Å². The third-order valence-corrected chi connectivity index (χ3v) is 5.53. The van der Waals surface area contributed by atoms with Gasteiger partial charge in [-0.1, -0.05) is 36.4 Å². The van der Waals surface area contributed by atoms with Crippen molar-refractivity contribution in [3.63, 3.8) is 0 Å². The zero-order valence-electron chi connectivity index (χ0n) is 14.5. The molecule has 7 heteroatoms. The van der Waals surface area contributed by atoms with Gasteiger partial charge in [0.25, 0.3) is 5.56 Å². The topological polar surface area (TPSA) is 81.3 Å². The molecule has 138 valence electrons. The van der Waals surface area contributed by atoms with Crippen molar-refractivity contribution < 1.29 is 14.3 Å². The van der Waals surface area contributed by atoms with Crippen LogP contribution in [-0.4, -0.2) is 15.9 Å². The van der Waals surface area contributed by atoms with Crippen molar-refractivity contribution in [3.05, 3.63) is 87.3 Å². The van der Waals surface area contributed by atoms with Gasteiger partial charge in [0.2, 0.25) is 0 Å². The minimum Gasteiger partial charge on any atom is -0.457 e. The summed E-state index contributed by atoms with van der Waals surface area (Å²) in [6.07, 6.45) is 0. The van der Waals surface area contributed by atoms with Crippen molar-refractivity contribution in [1.29, 1.82) is 0 Å². The quantitative estimate of drug-likeness (QED) is 0.536. The van der Waals surface area contributed by atoms with Crippen molar-refractivity contribution in [2.24, 2.45) is 0 Å². The number of esters is 1. The molecule has 3 heterocycles. The Morgan fingerprint density at radius 1 is 1.07 bits per heavy atom. The lowest BCUT2D eigenvalue weighted by Gasteiger charge is -2.26. The minimum absolute atomic E-state index is 0.110. The molecule has 0 fully saturated rings. The molecular formula is C21H14N2O4S. The fraction of sp³-hybridized carbons (Fsp3) is 0.0952. The molecule has 0 atom stereocenters. The van der Waals surface area contributed by atoms with Crippen LogP contribution in [0.1, 0.15) is 22.9 Å². The molecule has 0 spiro atoms. The number of nitrogens with one attached hydrogen (secondary N) is 1. The summed E-state index contributed by atoms with van der Waals surface area (Å²) >= 11 is 1.33. The zero-order valence-corrected chi connectivity index (χ0v) is 15.4. The highest BCUT2D eigenvalue weighted by molar-refractivity contribution is 7.17. The Morgan fingerprint density at radius 2 is 1.75 bits per heavy atom. The van der Waals surface area contributed by atoms with Crippen LogP contribution in [-0.2, 0) is 16.1 Å². The summed E-state index contributed by atoms with van der Waals surface area (Å²) < 4.78 is 12.0. The first-order chi connectivity index (χ1) is 13.7. The number of benzene rings is 2. The number of ether oxygens (including phenoxy) is 2. The molecule has 5 rings (SSSR count). The smallest absolute Gasteiger partial charge is 0.318 e. The van der Waals surface area contributed by atoms with Gasteiger partial charge in [-0.05, 0) is 23.6 Å². The van der Waals surface area contributed by atoms with Gasteiger partial charge >= 0.3 is 5.97 Å². The predicted molar refractivity (Wildman–Crippen MR) is 105 cm³/mol. The average molecular weight is 390 g/mol. The maximum Gasteiger partial charge on any atom is 0.318 e. The summed E-state index contributed by atoms with van der Waals surface area (Å²) in [5.41, 5.74) is 1.87. The number of aromatic amines is 1. The van der Waals surface area contributed by atoms with E-state index >= 15 is 0 Å². The summed E-state index contributed by atoms with van der Waals surface area (Å²) in [7, 11) is 0. The summed E-state index contributed by atoms with van der Waals surface area (Å²) in [6.45, 7) is -0.110. The molecule has 2 aromatic heterocycles. The fourth-order valence-electron chi connectivity index (χ4n) is 3.38. The van der Waals surface area contributed by atoms with Gasteiger partial charge in [0.1, 0.15) is 34.5 Å². The molecule has 1 aliphatic heterocycles. The highest BCUT2D eigenvalue weighted by Gasteiger charge is 2.33. The van der Waals surface area contributed by atoms with Crippen molar-refractivity contribution in [2.45, 2.75) is 12.5 Å². The van der Waals surface area contributed by atoms with E-state index in [1.807, 2.05) is 48.5 Å². The Hall–Kier alpha value is -3.45. The second-order valence-electron chi connectivity index (χ2n) is 6.37. The number of rotatable bonds is 3. The molecule has 0 saturated heterocycles. The Labute approximate surface area is 163 Å². The van der Waals surface area contributed by atoms with Crippen molar-refractivity contribution in [3.8, 4) is 11.5 Å². The zero-order chi connectivity index (χ0) is 19.1. The largest absolute Gasteiger partial charge is 0.457 e. The van der Waals surface area contributed by atoms with Gasteiger partial charge in [0.05, 0.1) is 5.52 Å². The summed E-state index contributed by atoms with van der Waals surface area (Å²) in [4.78, 5) is 32.1. The van der Waals surface area contributed by atoms with Crippen molar-refractivity contribution in [2.75, 3.05) is 0 Å². The highest BCUT2D eigenvalue weighted by atomic mass is 32.1. The first-order valence-electron chi connectivity index (χ1n) is 8.69. The number of thiophene rings is 1. The number of hydrogen-bond donors (Lipinski definition) is 1. The SMILES string of the molecule is O=C(OCc1nc2ccsc2c(=O)[nH]1)C1c2ccccc2Oc2ccccc21. The van der Waals surface area contributed by atoms with E-state index in [-0.39, 0.29) is 12.2 Å². The number of aromatic nitrogens is 2. The molecule has 0 unspecified atom stereocenters. The molecule has 1 N–H and O–H groups in total. The number of carbonyl (C=O) groups excluding carboxylic acids is 1. The molecule has 0 amide bonds. The lowest BCUT2D eigenvalue weighted by Crippen LogP contribution is -2.22. The molecular weight excluding hydrogens is 376 g/mol. The van der Waals surface area contributed by atoms with Crippen LogP contribution in [0, 0.1) is 0 Å². The minimum atomic E-state index is -0.599. The van der Waals surface area contributed by atoms with E-state index in [2.05, 4.69) is 9.97 Å². The van der Waals surface area contributed by atoms with E-state index in [1.54, 1.807) is 11.4 Å². The molecule has 0 aliphatic carbocycles. The molecule has 1 aliphatic rings.